The van der Waals surface area contributed by atoms with E-state index in [-0.39, 0.29) is 0 Å². The topological polar surface area (TPSA) is 64.9 Å². The summed E-state index contributed by atoms with van der Waals surface area (Å²) in [6.07, 6.45) is 0. The molecule has 0 radical (unpaired) electrons. The standard InChI is InChI=1S/C21H21N5O/c1-2-26-21(23-24-25-26)22-14-19-18-11-7-6-10-17(18)12-13-20(19)27-15-16-8-4-3-5-9-16/h3-13H,2,14-15H2,1H3,(H,22,23,25). The van der Waals surface area contributed by atoms with E-state index in [1.54, 1.807) is 4.68 Å². The number of anilines is 1. The Hall–Kier alpha value is -3.41. The summed E-state index contributed by atoms with van der Waals surface area (Å²) in [6, 6.07) is 22.6. The van der Waals surface area contributed by atoms with Gasteiger partial charge in [0.2, 0.25) is 5.95 Å². The Morgan fingerprint density at radius 2 is 1.78 bits per heavy atom. The van der Waals surface area contributed by atoms with Crippen molar-refractivity contribution in [1.29, 1.82) is 0 Å². The predicted octanol–water partition coefficient (Wildman–Crippen LogP) is 4.04. The highest BCUT2D eigenvalue weighted by molar-refractivity contribution is 5.88. The van der Waals surface area contributed by atoms with Gasteiger partial charge in [-0.1, -0.05) is 65.8 Å². The number of ether oxygens (including phenoxy) is 1. The second kappa shape index (κ2) is 7.86. The minimum absolute atomic E-state index is 0.527. The SMILES string of the molecule is CCn1nnnc1NCc1c(OCc2ccccc2)ccc2ccccc12. The highest BCUT2D eigenvalue weighted by atomic mass is 16.5. The van der Waals surface area contributed by atoms with Crippen LogP contribution in [-0.2, 0) is 19.7 Å². The Labute approximate surface area is 157 Å². The summed E-state index contributed by atoms with van der Waals surface area (Å²) in [5, 5.41) is 17.4. The molecule has 1 aromatic heterocycles. The third-order valence-corrected chi connectivity index (χ3v) is 4.49. The molecule has 0 fully saturated rings. The molecular weight excluding hydrogens is 338 g/mol. The monoisotopic (exact) mass is 359 g/mol. The number of benzene rings is 3. The van der Waals surface area contributed by atoms with Crippen LogP contribution in [0.2, 0.25) is 0 Å². The van der Waals surface area contributed by atoms with Gasteiger partial charge >= 0.3 is 0 Å². The number of aryl methyl sites for hydroxylation is 1. The van der Waals surface area contributed by atoms with E-state index < -0.39 is 0 Å². The molecule has 0 aliphatic rings. The van der Waals surface area contributed by atoms with Gasteiger partial charge in [-0.25, -0.2) is 4.68 Å². The van der Waals surface area contributed by atoms with E-state index in [0.29, 0.717) is 25.6 Å². The van der Waals surface area contributed by atoms with Crippen LogP contribution in [0.3, 0.4) is 0 Å². The maximum atomic E-state index is 6.16. The molecule has 3 aromatic carbocycles. The van der Waals surface area contributed by atoms with Crippen LogP contribution in [0, 0.1) is 0 Å². The summed E-state index contributed by atoms with van der Waals surface area (Å²) in [5.74, 6) is 1.51. The normalized spacial score (nSPS) is 10.9. The van der Waals surface area contributed by atoms with Gasteiger partial charge < -0.3 is 10.1 Å². The van der Waals surface area contributed by atoms with Gasteiger partial charge in [0.05, 0.1) is 0 Å². The maximum absolute atomic E-state index is 6.16. The first kappa shape index (κ1) is 17.0. The summed E-state index contributed by atoms with van der Waals surface area (Å²) >= 11 is 0. The smallest absolute Gasteiger partial charge is 0.243 e. The number of nitrogens with one attached hydrogen (secondary N) is 1. The first-order valence-corrected chi connectivity index (χ1v) is 9.02. The van der Waals surface area contributed by atoms with Gasteiger partial charge in [0.1, 0.15) is 12.4 Å². The zero-order valence-electron chi connectivity index (χ0n) is 15.2. The first-order valence-electron chi connectivity index (χ1n) is 9.02. The van der Waals surface area contributed by atoms with Crippen molar-refractivity contribution in [2.75, 3.05) is 5.32 Å². The summed E-state index contributed by atoms with van der Waals surface area (Å²) in [7, 11) is 0. The van der Waals surface area contributed by atoms with Crippen LogP contribution >= 0.6 is 0 Å². The van der Waals surface area contributed by atoms with Crippen LogP contribution in [0.5, 0.6) is 5.75 Å². The van der Waals surface area contributed by atoms with Gasteiger partial charge in [-0.15, -0.1) is 0 Å². The second-order valence-electron chi connectivity index (χ2n) is 6.21. The van der Waals surface area contributed by atoms with E-state index in [0.717, 1.165) is 22.3 Å². The molecule has 27 heavy (non-hydrogen) atoms. The number of hydrogen-bond acceptors (Lipinski definition) is 5. The van der Waals surface area contributed by atoms with Crippen molar-refractivity contribution in [3.05, 3.63) is 77.9 Å². The van der Waals surface area contributed by atoms with E-state index in [2.05, 4.69) is 51.2 Å². The van der Waals surface area contributed by atoms with Gasteiger partial charge in [0.25, 0.3) is 0 Å². The molecule has 0 bridgehead atoms. The fraction of sp³-hybridized carbons (Fsp3) is 0.190. The first-order chi connectivity index (χ1) is 13.3. The Morgan fingerprint density at radius 3 is 2.63 bits per heavy atom. The van der Waals surface area contributed by atoms with Gasteiger partial charge in [0.15, 0.2) is 0 Å². The van der Waals surface area contributed by atoms with Crippen molar-refractivity contribution >= 4 is 16.7 Å². The molecule has 4 aromatic rings. The second-order valence-corrected chi connectivity index (χ2v) is 6.21. The zero-order chi connectivity index (χ0) is 18.5. The van der Waals surface area contributed by atoms with E-state index in [9.17, 15) is 0 Å². The largest absolute Gasteiger partial charge is 0.489 e. The van der Waals surface area contributed by atoms with Crippen molar-refractivity contribution in [3.63, 3.8) is 0 Å². The van der Waals surface area contributed by atoms with E-state index in [1.807, 2.05) is 43.3 Å². The lowest BCUT2D eigenvalue weighted by atomic mass is 10.0. The average Bonchev–Trinajstić information content (AvgIpc) is 3.19. The molecule has 4 rings (SSSR count). The number of tetrazole rings is 1. The highest BCUT2D eigenvalue weighted by Crippen LogP contribution is 2.29. The Bertz CT molecular complexity index is 1030. The van der Waals surface area contributed by atoms with Crippen molar-refractivity contribution < 1.29 is 4.74 Å². The van der Waals surface area contributed by atoms with E-state index in [4.69, 9.17) is 4.74 Å². The molecule has 6 nitrogen and oxygen atoms in total. The van der Waals surface area contributed by atoms with Crippen LogP contribution in [0.1, 0.15) is 18.1 Å². The van der Waals surface area contributed by atoms with E-state index >= 15 is 0 Å². The number of fused-ring (bicyclic) bond motifs is 1. The third kappa shape index (κ3) is 3.74. The fourth-order valence-corrected chi connectivity index (χ4v) is 3.08. The van der Waals surface area contributed by atoms with Crippen molar-refractivity contribution in [1.82, 2.24) is 20.2 Å². The molecule has 1 N–H and O–H groups in total. The maximum Gasteiger partial charge on any atom is 0.243 e. The zero-order valence-corrected chi connectivity index (χ0v) is 15.2. The summed E-state index contributed by atoms with van der Waals surface area (Å²) in [6.45, 7) is 3.82. The molecule has 0 aliphatic carbocycles. The molecule has 0 aliphatic heterocycles. The number of hydrogen-bond donors (Lipinski definition) is 1. The molecule has 136 valence electrons. The molecule has 0 amide bonds. The lowest BCUT2D eigenvalue weighted by Crippen LogP contribution is -2.09. The van der Waals surface area contributed by atoms with Crippen LogP contribution < -0.4 is 10.1 Å². The molecular formula is C21H21N5O. The van der Waals surface area contributed by atoms with E-state index in [1.165, 1.54) is 5.39 Å². The Balaban J connectivity index is 1.63. The van der Waals surface area contributed by atoms with Gasteiger partial charge in [-0.3, -0.25) is 0 Å². The molecule has 0 saturated carbocycles. The molecule has 6 heteroatoms. The van der Waals surface area contributed by atoms with Crippen LogP contribution in [0.15, 0.2) is 66.7 Å². The van der Waals surface area contributed by atoms with Crippen LogP contribution in [0.4, 0.5) is 5.95 Å². The summed E-state index contributed by atoms with van der Waals surface area (Å²) < 4.78 is 7.89. The number of aromatic nitrogens is 4. The van der Waals surface area contributed by atoms with Crippen molar-refractivity contribution in [3.8, 4) is 5.75 Å². The van der Waals surface area contributed by atoms with Gasteiger partial charge in [-0.05, 0) is 39.8 Å². The molecule has 1 heterocycles. The molecule has 0 saturated heterocycles. The van der Waals surface area contributed by atoms with Crippen molar-refractivity contribution in [2.45, 2.75) is 26.6 Å². The minimum Gasteiger partial charge on any atom is -0.489 e. The van der Waals surface area contributed by atoms with Crippen molar-refractivity contribution in [2.24, 2.45) is 0 Å². The molecule has 0 unspecified atom stereocenters. The fourth-order valence-electron chi connectivity index (χ4n) is 3.08. The highest BCUT2D eigenvalue weighted by Gasteiger charge is 2.11. The van der Waals surface area contributed by atoms with Gasteiger partial charge in [-0.2, -0.15) is 0 Å². The summed E-state index contributed by atoms with van der Waals surface area (Å²) in [5.41, 5.74) is 2.23. The van der Waals surface area contributed by atoms with Crippen LogP contribution in [0.25, 0.3) is 10.8 Å². The average molecular weight is 359 g/mol. The van der Waals surface area contributed by atoms with Gasteiger partial charge in [0, 0.05) is 18.7 Å². The third-order valence-electron chi connectivity index (χ3n) is 4.49. The quantitative estimate of drug-likeness (QED) is 0.539. The minimum atomic E-state index is 0.527. The number of rotatable bonds is 7. The Kier molecular flexibility index (Phi) is 4.96. The van der Waals surface area contributed by atoms with Crippen LogP contribution in [-0.4, -0.2) is 20.2 Å². The lowest BCUT2D eigenvalue weighted by Gasteiger charge is -2.15. The lowest BCUT2D eigenvalue weighted by molar-refractivity contribution is 0.304. The summed E-state index contributed by atoms with van der Waals surface area (Å²) in [4.78, 5) is 0. The molecule has 0 spiro atoms. The Morgan fingerprint density at radius 1 is 0.963 bits per heavy atom. The molecule has 0 atom stereocenters. The number of nitrogens with zero attached hydrogens (tertiary/aromatic N) is 4. The predicted molar refractivity (Wildman–Crippen MR) is 106 cm³/mol.